The fraction of sp³-hybridized carbons (Fsp3) is 1.00. The average molecular weight is 189 g/mol. The maximum Gasteiger partial charge on any atom is 0.0991 e. The summed E-state index contributed by atoms with van der Waals surface area (Å²) >= 11 is 0. The second kappa shape index (κ2) is 3.18. The molecule has 2 heterocycles. The highest BCUT2D eigenvalue weighted by molar-refractivity contribution is 5.05. The molecule has 0 aromatic heterocycles. The molecule has 0 unspecified atom stereocenters. The molecule has 2 fully saturated rings. The molecule has 2 saturated heterocycles. The van der Waals surface area contributed by atoms with Gasteiger partial charge in [0, 0.05) is 12.6 Å². The van der Waals surface area contributed by atoms with Crippen molar-refractivity contribution < 1.29 is 20.4 Å². The van der Waals surface area contributed by atoms with Crippen LogP contribution in [0.1, 0.15) is 6.42 Å². The van der Waals surface area contributed by atoms with Crippen LogP contribution in [0.25, 0.3) is 0 Å². The highest BCUT2D eigenvalue weighted by Crippen LogP contribution is 2.32. The van der Waals surface area contributed by atoms with E-state index < -0.39 is 24.4 Å². The van der Waals surface area contributed by atoms with Gasteiger partial charge in [-0.25, -0.2) is 0 Å². The van der Waals surface area contributed by atoms with E-state index >= 15 is 0 Å². The van der Waals surface area contributed by atoms with E-state index in [2.05, 4.69) is 0 Å². The number of hydrogen-bond donors (Lipinski definition) is 4. The zero-order valence-corrected chi connectivity index (χ0v) is 7.24. The molecule has 0 aromatic rings. The Morgan fingerprint density at radius 2 is 1.85 bits per heavy atom. The summed E-state index contributed by atoms with van der Waals surface area (Å²) in [4.78, 5) is 1.79. The van der Waals surface area contributed by atoms with Crippen LogP contribution in [0.5, 0.6) is 0 Å². The summed E-state index contributed by atoms with van der Waals surface area (Å²) in [5.41, 5.74) is 0. The fourth-order valence-electron chi connectivity index (χ4n) is 2.45. The van der Waals surface area contributed by atoms with Gasteiger partial charge in [0.2, 0.25) is 0 Å². The van der Waals surface area contributed by atoms with Gasteiger partial charge in [-0.05, 0) is 6.42 Å². The monoisotopic (exact) mass is 189 g/mol. The van der Waals surface area contributed by atoms with Crippen LogP contribution in [0.3, 0.4) is 0 Å². The lowest BCUT2D eigenvalue weighted by Gasteiger charge is -2.22. The third kappa shape index (κ3) is 1.28. The van der Waals surface area contributed by atoms with Crippen molar-refractivity contribution in [1.29, 1.82) is 0 Å². The normalized spacial score (nSPS) is 51.2. The average Bonchev–Trinajstić information content (AvgIpc) is 2.54. The van der Waals surface area contributed by atoms with Gasteiger partial charge in [0.25, 0.3) is 0 Å². The molecule has 5 heteroatoms. The fourth-order valence-corrected chi connectivity index (χ4v) is 2.45. The number of nitrogens with zero attached hydrogens (tertiary/aromatic N) is 1. The van der Waals surface area contributed by atoms with Gasteiger partial charge in [0.1, 0.15) is 0 Å². The van der Waals surface area contributed by atoms with E-state index in [4.69, 9.17) is 5.11 Å². The molecule has 0 aromatic carbocycles. The Morgan fingerprint density at radius 3 is 2.46 bits per heavy atom. The van der Waals surface area contributed by atoms with Gasteiger partial charge in [-0.3, -0.25) is 4.90 Å². The Balaban J connectivity index is 2.15. The number of hydrogen-bond acceptors (Lipinski definition) is 5. The predicted octanol–water partition coefficient (Wildman–Crippen LogP) is -2.48. The Kier molecular flexibility index (Phi) is 2.29. The van der Waals surface area contributed by atoms with E-state index in [0.717, 1.165) is 0 Å². The molecule has 4 N–H and O–H groups in total. The first-order chi connectivity index (χ1) is 6.15. The number of fused-ring (bicyclic) bond motifs is 1. The van der Waals surface area contributed by atoms with Gasteiger partial charge < -0.3 is 20.4 Å². The van der Waals surface area contributed by atoms with Gasteiger partial charge in [-0.2, -0.15) is 0 Å². The zero-order chi connectivity index (χ0) is 9.59. The Labute approximate surface area is 76.2 Å². The van der Waals surface area contributed by atoms with E-state index in [1.54, 1.807) is 4.90 Å². The summed E-state index contributed by atoms with van der Waals surface area (Å²) in [6.45, 7) is 0.255. The maximum absolute atomic E-state index is 9.57. The van der Waals surface area contributed by atoms with Crippen molar-refractivity contribution >= 4 is 0 Å². The van der Waals surface area contributed by atoms with Gasteiger partial charge in [0.05, 0.1) is 31.0 Å². The van der Waals surface area contributed by atoms with Crippen molar-refractivity contribution in [1.82, 2.24) is 4.90 Å². The van der Waals surface area contributed by atoms with Crippen molar-refractivity contribution in [2.24, 2.45) is 0 Å². The number of aliphatic hydroxyl groups excluding tert-OH is 4. The van der Waals surface area contributed by atoms with E-state index in [1.807, 2.05) is 0 Å². The molecule has 2 rings (SSSR count). The summed E-state index contributed by atoms with van der Waals surface area (Å²) in [6, 6.07) is -0.612. The topological polar surface area (TPSA) is 84.2 Å². The minimum absolute atomic E-state index is 0.179. The number of aliphatic hydroxyl groups is 4. The molecule has 0 aliphatic carbocycles. The zero-order valence-electron chi connectivity index (χ0n) is 7.24. The predicted molar refractivity (Wildman–Crippen MR) is 44.0 cm³/mol. The highest BCUT2D eigenvalue weighted by Gasteiger charge is 2.51. The van der Waals surface area contributed by atoms with Crippen LogP contribution in [0, 0.1) is 0 Å². The molecule has 13 heavy (non-hydrogen) atoms. The van der Waals surface area contributed by atoms with Crippen molar-refractivity contribution in [3.63, 3.8) is 0 Å². The van der Waals surface area contributed by atoms with E-state index in [0.29, 0.717) is 13.0 Å². The minimum Gasteiger partial charge on any atom is -0.395 e. The molecule has 0 amide bonds. The highest BCUT2D eigenvalue weighted by atomic mass is 16.3. The molecule has 5 nitrogen and oxygen atoms in total. The summed E-state index contributed by atoms with van der Waals surface area (Å²) in [5, 5.41) is 37.4. The largest absolute Gasteiger partial charge is 0.395 e. The van der Waals surface area contributed by atoms with Gasteiger partial charge in [-0.15, -0.1) is 0 Å². The van der Waals surface area contributed by atoms with E-state index in [9.17, 15) is 15.3 Å². The van der Waals surface area contributed by atoms with Gasteiger partial charge in [0.15, 0.2) is 0 Å². The summed E-state index contributed by atoms with van der Waals surface area (Å²) in [5.74, 6) is 0. The van der Waals surface area contributed by atoms with Crippen LogP contribution < -0.4 is 0 Å². The summed E-state index contributed by atoms with van der Waals surface area (Å²) in [6.07, 6.45) is -1.69. The second-order valence-electron chi connectivity index (χ2n) is 3.88. The lowest BCUT2D eigenvalue weighted by atomic mass is 10.0. The van der Waals surface area contributed by atoms with E-state index in [1.165, 1.54) is 0 Å². The standard InChI is InChI=1S/C8H15NO4/c10-3-6-8(13)7(12)5-1-4(11)2-9(5)6/h4-8,10-13H,1-3H2/t4-,5+,6+,7+,8+/m0/s1. The Morgan fingerprint density at radius 1 is 1.15 bits per heavy atom. The molecule has 0 spiro atoms. The molecular formula is C8H15NO4. The first kappa shape index (κ1) is 9.36. The lowest BCUT2D eigenvalue weighted by molar-refractivity contribution is 0.00859. The molecule has 76 valence electrons. The van der Waals surface area contributed by atoms with Crippen molar-refractivity contribution in [3.8, 4) is 0 Å². The van der Waals surface area contributed by atoms with E-state index in [-0.39, 0.29) is 12.6 Å². The third-order valence-corrected chi connectivity index (χ3v) is 3.11. The van der Waals surface area contributed by atoms with Gasteiger partial charge in [-0.1, -0.05) is 0 Å². The molecule has 2 aliphatic heterocycles. The van der Waals surface area contributed by atoms with Gasteiger partial charge >= 0.3 is 0 Å². The van der Waals surface area contributed by atoms with Crippen molar-refractivity contribution in [3.05, 3.63) is 0 Å². The van der Waals surface area contributed by atoms with Crippen molar-refractivity contribution in [2.75, 3.05) is 13.2 Å². The molecular weight excluding hydrogens is 174 g/mol. The molecule has 5 atom stereocenters. The second-order valence-corrected chi connectivity index (χ2v) is 3.88. The molecule has 0 bridgehead atoms. The summed E-state index contributed by atoms with van der Waals surface area (Å²) < 4.78 is 0. The first-order valence-electron chi connectivity index (χ1n) is 4.56. The van der Waals surface area contributed by atoms with Crippen LogP contribution in [0.15, 0.2) is 0 Å². The maximum atomic E-state index is 9.57. The minimum atomic E-state index is -0.887. The third-order valence-electron chi connectivity index (χ3n) is 3.11. The SMILES string of the molecule is OC[C@@H]1[C@@H](O)[C@H](O)[C@H]2C[C@H](O)CN12. The van der Waals surface area contributed by atoms with Crippen LogP contribution in [0.4, 0.5) is 0 Å². The Bertz CT molecular complexity index is 199. The van der Waals surface area contributed by atoms with Crippen LogP contribution in [0.2, 0.25) is 0 Å². The van der Waals surface area contributed by atoms with Crippen LogP contribution in [-0.4, -0.2) is 68.9 Å². The van der Waals surface area contributed by atoms with Crippen molar-refractivity contribution in [2.45, 2.75) is 36.8 Å². The smallest absolute Gasteiger partial charge is 0.0991 e. The van der Waals surface area contributed by atoms with Crippen LogP contribution in [-0.2, 0) is 0 Å². The molecule has 0 radical (unpaired) electrons. The Hall–Kier alpha value is -0.200. The lowest BCUT2D eigenvalue weighted by Crippen LogP contribution is -2.40. The van der Waals surface area contributed by atoms with Crippen LogP contribution >= 0.6 is 0 Å². The molecule has 2 aliphatic rings. The quantitative estimate of drug-likeness (QED) is 0.367. The summed E-state index contributed by atoms with van der Waals surface area (Å²) in [7, 11) is 0. The molecule has 0 saturated carbocycles. The first-order valence-corrected chi connectivity index (χ1v) is 4.56. The number of rotatable bonds is 1.